The fourth-order valence-corrected chi connectivity index (χ4v) is 4.32. The van der Waals surface area contributed by atoms with E-state index in [0.717, 1.165) is 28.9 Å². The van der Waals surface area contributed by atoms with Gasteiger partial charge >= 0.3 is 0 Å². The Kier molecular flexibility index (Phi) is 10.1. The van der Waals surface area contributed by atoms with E-state index >= 15 is 0 Å². The number of rotatable bonds is 11. The Morgan fingerprint density at radius 2 is 1.39 bits per heavy atom. The molecule has 0 heterocycles. The molecule has 4 N–H and O–H groups in total. The van der Waals surface area contributed by atoms with Gasteiger partial charge in [-0.2, -0.15) is 0 Å². The summed E-state index contributed by atoms with van der Waals surface area (Å²) in [5.41, 5.74) is 10.4. The van der Waals surface area contributed by atoms with E-state index in [1.807, 2.05) is 72.8 Å². The Labute approximate surface area is 215 Å². The van der Waals surface area contributed by atoms with Crippen molar-refractivity contribution in [2.75, 3.05) is 18.4 Å². The molecule has 0 saturated carbocycles. The Hall–Kier alpha value is -3.64. The van der Waals surface area contributed by atoms with Crippen LogP contribution < -0.4 is 16.4 Å². The molecule has 1 unspecified atom stereocenters. The zero-order chi connectivity index (χ0) is 25.9. The highest BCUT2D eigenvalue weighted by Crippen LogP contribution is 2.23. The molecule has 6 heteroatoms. The van der Waals surface area contributed by atoms with Crippen LogP contribution in [0.4, 0.5) is 5.69 Å². The van der Waals surface area contributed by atoms with Crippen molar-refractivity contribution >= 4 is 17.6 Å². The third-order valence-electron chi connectivity index (χ3n) is 6.14. The van der Waals surface area contributed by atoms with Crippen molar-refractivity contribution in [2.24, 2.45) is 10.7 Å². The molecule has 6 nitrogen and oxygen atoms in total. The number of amides is 1. The molecule has 0 radical (unpaired) electrons. The minimum atomic E-state index is -0.381. The number of nitrogens with two attached hydrogens (primary N) is 1. The zero-order valence-corrected chi connectivity index (χ0v) is 21.8. The predicted octanol–water partition coefficient (Wildman–Crippen LogP) is 5.45. The van der Waals surface area contributed by atoms with Gasteiger partial charge in [0.25, 0.3) is 0 Å². The number of nitrogens with zero attached hydrogens (tertiary/aromatic N) is 2. The summed E-state index contributed by atoms with van der Waals surface area (Å²) in [5, 5.41) is 6.22. The van der Waals surface area contributed by atoms with Gasteiger partial charge in [0.05, 0.1) is 12.5 Å². The van der Waals surface area contributed by atoms with E-state index in [4.69, 9.17) is 5.73 Å². The average molecular weight is 486 g/mol. The quantitative estimate of drug-likeness (QED) is 0.249. The number of carbonyl (C=O) groups excluding carboxylic acids is 1. The van der Waals surface area contributed by atoms with Crippen molar-refractivity contribution in [1.29, 1.82) is 0 Å². The normalized spacial score (nSPS) is 12.7. The van der Waals surface area contributed by atoms with Gasteiger partial charge in [0.2, 0.25) is 5.91 Å². The van der Waals surface area contributed by atoms with E-state index in [2.05, 4.69) is 60.4 Å². The number of guanidine groups is 1. The van der Waals surface area contributed by atoms with Crippen LogP contribution in [0.25, 0.3) is 11.1 Å². The predicted molar refractivity (Wildman–Crippen MR) is 151 cm³/mol. The number of aliphatic imine (C=N–C) groups is 1. The van der Waals surface area contributed by atoms with Crippen LogP contribution in [-0.4, -0.2) is 41.9 Å². The SMILES string of the molecule is CC(C)N(CCNC(=O)CC(N=C(N)Nc1ccc(-c2ccccc2)cc1)c1ccccc1)C(C)C. The number of carbonyl (C=O) groups is 1. The van der Waals surface area contributed by atoms with Crippen molar-refractivity contribution in [3.05, 3.63) is 90.5 Å². The first kappa shape index (κ1) is 27.0. The van der Waals surface area contributed by atoms with Crippen LogP contribution in [0.1, 0.15) is 45.7 Å². The number of hydrogen-bond acceptors (Lipinski definition) is 3. The van der Waals surface area contributed by atoms with Gasteiger partial charge < -0.3 is 16.4 Å². The molecule has 0 aliphatic rings. The highest BCUT2D eigenvalue weighted by Gasteiger charge is 2.17. The van der Waals surface area contributed by atoms with Crippen molar-refractivity contribution in [3.8, 4) is 11.1 Å². The fourth-order valence-electron chi connectivity index (χ4n) is 4.32. The van der Waals surface area contributed by atoms with Gasteiger partial charge in [-0.3, -0.25) is 9.69 Å². The van der Waals surface area contributed by atoms with Crippen molar-refractivity contribution < 1.29 is 4.79 Å². The maximum absolute atomic E-state index is 12.8. The van der Waals surface area contributed by atoms with Gasteiger partial charge in [-0.1, -0.05) is 72.8 Å². The van der Waals surface area contributed by atoms with E-state index < -0.39 is 0 Å². The van der Waals surface area contributed by atoms with Gasteiger partial charge in [0.1, 0.15) is 0 Å². The van der Waals surface area contributed by atoms with Crippen LogP contribution in [-0.2, 0) is 4.79 Å². The number of nitrogens with one attached hydrogen (secondary N) is 2. The van der Waals surface area contributed by atoms with Gasteiger partial charge in [-0.25, -0.2) is 4.99 Å². The lowest BCUT2D eigenvalue weighted by Crippen LogP contribution is -2.42. The highest BCUT2D eigenvalue weighted by atomic mass is 16.1. The van der Waals surface area contributed by atoms with Crippen molar-refractivity contribution in [2.45, 2.75) is 52.2 Å². The Morgan fingerprint density at radius 3 is 1.97 bits per heavy atom. The smallest absolute Gasteiger partial charge is 0.222 e. The molecular weight excluding hydrogens is 446 g/mol. The number of hydrogen-bond donors (Lipinski definition) is 3. The van der Waals surface area contributed by atoms with E-state index in [9.17, 15) is 4.79 Å². The summed E-state index contributed by atoms with van der Waals surface area (Å²) in [6.45, 7) is 10.1. The Morgan fingerprint density at radius 1 is 0.833 bits per heavy atom. The molecule has 1 atom stereocenters. The van der Waals surface area contributed by atoms with E-state index in [0.29, 0.717) is 18.6 Å². The summed E-state index contributed by atoms with van der Waals surface area (Å²) in [6.07, 6.45) is 0.225. The van der Waals surface area contributed by atoms with E-state index in [-0.39, 0.29) is 24.3 Å². The van der Waals surface area contributed by atoms with Crippen LogP contribution in [0.5, 0.6) is 0 Å². The molecule has 0 saturated heterocycles. The molecular formula is C30H39N5O. The van der Waals surface area contributed by atoms with E-state index in [1.54, 1.807) is 0 Å². The van der Waals surface area contributed by atoms with Crippen molar-refractivity contribution in [1.82, 2.24) is 10.2 Å². The third-order valence-corrected chi connectivity index (χ3v) is 6.14. The monoisotopic (exact) mass is 485 g/mol. The molecule has 3 rings (SSSR count). The summed E-state index contributed by atoms with van der Waals surface area (Å²) >= 11 is 0. The second-order valence-electron chi connectivity index (χ2n) is 9.49. The highest BCUT2D eigenvalue weighted by molar-refractivity contribution is 5.93. The first-order valence-corrected chi connectivity index (χ1v) is 12.7. The minimum absolute atomic E-state index is 0.0416. The minimum Gasteiger partial charge on any atom is -0.370 e. The third kappa shape index (κ3) is 8.24. The molecule has 0 fully saturated rings. The molecule has 0 spiro atoms. The molecule has 3 aromatic carbocycles. The van der Waals surface area contributed by atoms with Gasteiger partial charge in [0.15, 0.2) is 5.96 Å². The summed E-state index contributed by atoms with van der Waals surface area (Å²) in [4.78, 5) is 19.8. The molecule has 0 aromatic heterocycles. The summed E-state index contributed by atoms with van der Waals surface area (Å²) in [7, 11) is 0. The van der Waals surface area contributed by atoms with Gasteiger partial charge in [0, 0.05) is 30.9 Å². The molecule has 0 aliphatic heterocycles. The first-order chi connectivity index (χ1) is 17.3. The summed E-state index contributed by atoms with van der Waals surface area (Å²) in [6, 6.07) is 28.5. The number of benzene rings is 3. The van der Waals surface area contributed by atoms with Gasteiger partial charge in [-0.15, -0.1) is 0 Å². The first-order valence-electron chi connectivity index (χ1n) is 12.7. The maximum atomic E-state index is 12.8. The standard InChI is InChI=1S/C30H39N5O/c1-22(2)35(23(3)4)20-19-32-29(36)21-28(26-13-9-6-10-14-26)34-30(31)33-27-17-15-25(16-18-27)24-11-7-5-8-12-24/h5-18,22-23,28H,19-21H2,1-4H3,(H,32,36)(H3,31,33,34). The summed E-state index contributed by atoms with van der Waals surface area (Å²) < 4.78 is 0. The molecule has 0 aliphatic carbocycles. The fraction of sp³-hybridized carbons (Fsp3) is 0.333. The van der Waals surface area contributed by atoms with Crippen molar-refractivity contribution in [3.63, 3.8) is 0 Å². The molecule has 190 valence electrons. The van der Waals surface area contributed by atoms with E-state index in [1.165, 1.54) is 0 Å². The van der Waals surface area contributed by atoms with Crippen LogP contribution in [0, 0.1) is 0 Å². The Bertz CT molecular complexity index is 1090. The summed E-state index contributed by atoms with van der Waals surface area (Å²) in [5.74, 6) is 0.231. The largest absolute Gasteiger partial charge is 0.370 e. The lowest BCUT2D eigenvalue weighted by Gasteiger charge is -2.30. The van der Waals surface area contributed by atoms with Crippen LogP contribution >= 0.6 is 0 Å². The maximum Gasteiger partial charge on any atom is 0.222 e. The second-order valence-corrected chi connectivity index (χ2v) is 9.49. The molecule has 0 bridgehead atoms. The molecule has 3 aromatic rings. The van der Waals surface area contributed by atoms with Gasteiger partial charge in [-0.05, 0) is 56.5 Å². The average Bonchev–Trinajstić information content (AvgIpc) is 2.87. The topological polar surface area (TPSA) is 82.8 Å². The van der Waals surface area contributed by atoms with Crippen LogP contribution in [0.3, 0.4) is 0 Å². The van der Waals surface area contributed by atoms with Crippen LogP contribution in [0.15, 0.2) is 89.9 Å². The lowest BCUT2D eigenvalue weighted by atomic mass is 10.0. The molecule has 36 heavy (non-hydrogen) atoms. The zero-order valence-electron chi connectivity index (χ0n) is 21.8. The van der Waals surface area contributed by atoms with Crippen LogP contribution in [0.2, 0.25) is 0 Å². The number of anilines is 1. The second kappa shape index (κ2) is 13.4. The molecule has 1 amide bonds. The lowest BCUT2D eigenvalue weighted by molar-refractivity contribution is -0.121. The Balaban J connectivity index is 1.64.